The van der Waals surface area contributed by atoms with Crippen molar-refractivity contribution in [3.8, 4) is 11.1 Å². The van der Waals surface area contributed by atoms with Crippen molar-refractivity contribution in [2.45, 2.75) is 6.18 Å². The lowest BCUT2D eigenvalue weighted by atomic mass is 9.99. The lowest BCUT2D eigenvalue weighted by Crippen LogP contribution is -2.06. The number of para-hydroxylation sites is 1. The first-order valence-corrected chi connectivity index (χ1v) is 5.21. The van der Waals surface area contributed by atoms with Crippen LogP contribution in [0.4, 0.5) is 24.5 Å². The summed E-state index contributed by atoms with van der Waals surface area (Å²) in [5.41, 5.74) is 12.2. The van der Waals surface area contributed by atoms with Crippen LogP contribution in [0.2, 0.25) is 0 Å². The third-order valence-corrected chi connectivity index (χ3v) is 2.63. The van der Waals surface area contributed by atoms with E-state index in [4.69, 9.17) is 11.5 Å². The summed E-state index contributed by atoms with van der Waals surface area (Å²) in [5.74, 6) is 0. The third-order valence-electron chi connectivity index (χ3n) is 2.63. The molecule has 0 heterocycles. The Morgan fingerprint density at radius 2 is 1.39 bits per heavy atom. The van der Waals surface area contributed by atoms with E-state index in [0.29, 0.717) is 16.8 Å². The van der Waals surface area contributed by atoms with Crippen molar-refractivity contribution in [2.75, 3.05) is 11.5 Å². The van der Waals surface area contributed by atoms with Crippen LogP contribution in [0.5, 0.6) is 0 Å². The maximum absolute atomic E-state index is 12.6. The molecule has 0 bridgehead atoms. The molecule has 2 aromatic rings. The highest BCUT2D eigenvalue weighted by Crippen LogP contribution is 2.36. The number of anilines is 2. The summed E-state index contributed by atoms with van der Waals surface area (Å²) in [6.07, 6.45) is -4.40. The zero-order valence-corrected chi connectivity index (χ0v) is 9.33. The fourth-order valence-electron chi connectivity index (χ4n) is 1.71. The van der Waals surface area contributed by atoms with Gasteiger partial charge in [-0.15, -0.1) is 0 Å². The van der Waals surface area contributed by atoms with E-state index in [9.17, 15) is 13.2 Å². The number of benzene rings is 2. The summed E-state index contributed by atoms with van der Waals surface area (Å²) in [7, 11) is 0. The summed E-state index contributed by atoms with van der Waals surface area (Å²) in [6, 6.07) is 9.88. The monoisotopic (exact) mass is 252 g/mol. The lowest BCUT2D eigenvalue weighted by Gasteiger charge is -2.12. The average Bonchev–Trinajstić information content (AvgIpc) is 2.29. The van der Waals surface area contributed by atoms with Crippen LogP contribution in [0.25, 0.3) is 11.1 Å². The quantitative estimate of drug-likeness (QED) is 0.763. The molecule has 94 valence electrons. The minimum atomic E-state index is -4.40. The van der Waals surface area contributed by atoms with Crippen molar-refractivity contribution in [3.05, 3.63) is 48.0 Å². The first-order valence-electron chi connectivity index (χ1n) is 5.21. The van der Waals surface area contributed by atoms with Crippen LogP contribution in [0, 0.1) is 0 Å². The van der Waals surface area contributed by atoms with Gasteiger partial charge in [0.1, 0.15) is 0 Å². The normalized spacial score (nSPS) is 11.5. The highest BCUT2D eigenvalue weighted by atomic mass is 19.4. The maximum atomic E-state index is 12.6. The van der Waals surface area contributed by atoms with Gasteiger partial charge in [0.05, 0.1) is 5.56 Å². The molecular formula is C13H11F3N2. The van der Waals surface area contributed by atoms with E-state index in [0.717, 1.165) is 12.1 Å². The van der Waals surface area contributed by atoms with Gasteiger partial charge in [-0.3, -0.25) is 0 Å². The van der Waals surface area contributed by atoms with Gasteiger partial charge in [0.15, 0.2) is 0 Å². The van der Waals surface area contributed by atoms with Gasteiger partial charge in [-0.2, -0.15) is 13.2 Å². The van der Waals surface area contributed by atoms with E-state index in [2.05, 4.69) is 0 Å². The Balaban J connectivity index is 2.61. The van der Waals surface area contributed by atoms with E-state index in [1.54, 1.807) is 24.3 Å². The molecule has 0 aliphatic carbocycles. The minimum Gasteiger partial charge on any atom is -0.398 e. The van der Waals surface area contributed by atoms with Crippen LogP contribution in [-0.4, -0.2) is 0 Å². The Hall–Kier alpha value is -2.17. The molecule has 0 aliphatic heterocycles. The van der Waals surface area contributed by atoms with Crippen molar-refractivity contribution < 1.29 is 13.2 Å². The van der Waals surface area contributed by atoms with Gasteiger partial charge < -0.3 is 11.5 Å². The summed E-state index contributed by atoms with van der Waals surface area (Å²) in [6.45, 7) is 0. The van der Waals surface area contributed by atoms with Gasteiger partial charge >= 0.3 is 6.18 Å². The van der Waals surface area contributed by atoms with Gasteiger partial charge in [-0.05, 0) is 24.3 Å². The van der Waals surface area contributed by atoms with Gasteiger partial charge in [0.25, 0.3) is 0 Å². The summed E-state index contributed by atoms with van der Waals surface area (Å²) >= 11 is 0. The molecule has 0 saturated heterocycles. The molecule has 0 radical (unpaired) electrons. The second-order valence-corrected chi connectivity index (χ2v) is 3.89. The Labute approximate surface area is 102 Å². The van der Waals surface area contributed by atoms with Gasteiger partial charge in [-0.25, -0.2) is 0 Å². The molecule has 0 aliphatic rings. The SMILES string of the molecule is Nc1ccccc1-c1cc(C(F)(F)F)ccc1N. The Kier molecular flexibility index (Phi) is 2.90. The minimum absolute atomic E-state index is 0.265. The van der Waals surface area contributed by atoms with Crippen LogP contribution < -0.4 is 11.5 Å². The highest BCUT2D eigenvalue weighted by molar-refractivity contribution is 5.84. The molecule has 0 amide bonds. The van der Waals surface area contributed by atoms with Crippen LogP contribution in [0.15, 0.2) is 42.5 Å². The second kappa shape index (κ2) is 4.25. The smallest absolute Gasteiger partial charge is 0.398 e. The second-order valence-electron chi connectivity index (χ2n) is 3.89. The zero-order valence-electron chi connectivity index (χ0n) is 9.33. The molecule has 0 atom stereocenters. The van der Waals surface area contributed by atoms with E-state index >= 15 is 0 Å². The number of nitrogen functional groups attached to an aromatic ring is 2. The molecule has 18 heavy (non-hydrogen) atoms. The Bertz CT molecular complexity index is 577. The Morgan fingerprint density at radius 1 is 0.778 bits per heavy atom. The third kappa shape index (κ3) is 2.25. The molecule has 5 heteroatoms. The first kappa shape index (κ1) is 12.3. The Morgan fingerprint density at radius 3 is 2.00 bits per heavy atom. The zero-order chi connectivity index (χ0) is 13.3. The maximum Gasteiger partial charge on any atom is 0.416 e. The van der Waals surface area contributed by atoms with Crippen molar-refractivity contribution >= 4 is 11.4 Å². The predicted octanol–water partition coefficient (Wildman–Crippen LogP) is 3.54. The number of nitrogens with two attached hydrogens (primary N) is 2. The molecule has 2 rings (SSSR count). The molecule has 2 nitrogen and oxygen atoms in total. The first-order chi connectivity index (χ1) is 8.39. The number of hydrogen-bond donors (Lipinski definition) is 2. The van der Waals surface area contributed by atoms with E-state index < -0.39 is 11.7 Å². The summed E-state index contributed by atoms with van der Waals surface area (Å²) in [5, 5.41) is 0. The average molecular weight is 252 g/mol. The molecule has 4 N–H and O–H groups in total. The fraction of sp³-hybridized carbons (Fsp3) is 0.0769. The van der Waals surface area contributed by atoms with E-state index in [-0.39, 0.29) is 5.69 Å². The van der Waals surface area contributed by atoms with Crippen LogP contribution in [0.1, 0.15) is 5.56 Å². The van der Waals surface area contributed by atoms with Crippen molar-refractivity contribution in [1.82, 2.24) is 0 Å². The molecule has 0 fully saturated rings. The van der Waals surface area contributed by atoms with Crippen molar-refractivity contribution in [1.29, 1.82) is 0 Å². The molecular weight excluding hydrogens is 241 g/mol. The van der Waals surface area contributed by atoms with Crippen LogP contribution >= 0.6 is 0 Å². The highest BCUT2D eigenvalue weighted by Gasteiger charge is 2.31. The summed E-state index contributed by atoms with van der Waals surface area (Å²) in [4.78, 5) is 0. The lowest BCUT2D eigenvalue weighted by molar-refractivity contribution is -0.137. The van der Waals surface area contributed by atoms with E-state index in [1.165, 1.54) is 6.07 Å². The molecule has 2 aromatic carbocycles. The number of halogens is 3. The molecule has 0 unspecified atom stereocenters. The van der Waals surface area contributed by atoms with Gasteiger partial charge in [0, 0.05) is 22.5 Å². The van der Waals surface area contributed by atoms with Crippen molar-refractivity contribution in [3.63, 3.8) is 0 Å². The van der Waals surface area contributed by atoms with Gasteiger partial charge in [-0.1, -0.05) is 18.2 Å². The fourth-order valence-corrected chi connectivity index (χ4v) is 1.71. The largest absolute Gasteiger partial charge is 0.416 e. The topological polar surface area (TPSA) is 52.0 Å². The van der Waals surface area contributed by atoms with Gasteiger partial charge in [0.2, 0.25) is 0 Å². The molecule has 0 spiro atoms. The standard InChI is InChI=1S/C13H11F3N2/c14-13(15,16)8-5-6-12(18)10(7-8)9-3-1-2-4-11(9)17/h1-7H,17-18H2. The number of hydrogen-bond acceptors (Lipinski definition) is 2. The van der Waals surface area contributed by atoms with Crippen LogP contribution in [-0.2, 0) is 6.18 Å². The predicted molar refractivity (Wildman–Crippen MR) is 65.7 cm³/mol. The van der Waals surface area contributed by atoms with E-state index in [1.807, 2.05) is 0 Å². The number of alkyl halides is 3. The van der Waals surface area contributed by atoms with Crippen molar-refractivity contribution in [2.24, 2.45) is 0 Å². The number of rotatable bonds is 1. The molecule has 0 saturated carbocycles. The summed E-state index contributed by atoms with van der Waals surface area (Å²) < 4.78 is 37.9. The molecule has 0 aromatic heterocycles. The van der Waals surface area contributed by atoms with Crippen LogP contribution in [0.3, 0.4) is 0 Å².